The summed E-state index contributed by atoms with van der Waals surface area (Å²) in [6, 6.07) is 1.78. The molecule has 2 rings (SSSR count). The smallest absolute Gasteiger partial charge is 0.328 e. The summed E-state index contributed by atoms with van der Waals surface area (Å²) in [5.41, 5.74) is -0.225. The second-order valence-electron chi connectivity index (χ2n) is 3.88. The molecule has 19 heavy (non-hydrogen) atoms. The van der Waals surface area contributed by atoms with E-state index in [9.17, 15) is 14.7 Å². The van der Waals surface area contributed by atoms with Crippen LogP contribution in [0.15, 0.2) is 20.6 Å². The van der Waals surface area contributed by atoms with Gasteiger partial charge in [-0.3, -0.25) is 14.8 Å². The van der Waals surface area contributed by atoms with Crippen LogP contribution in [0.4, 0.5) is 5.95 Å². The summed E-state index contributed by atoms with van der Waals surface area (Å²) < 4.78 is 0. The maximum atomic E-state index is 11.4. The van der Waals surface area contributed by atoms with Crippen LogP contribution in [0, 0.1) is 13.8 Å². The molecule has 0 atom stereocenters. The van der Waals surface area contributed by atoms with Crippen LogP contribution in [0.1, 0.15) is 17.0 Å². The highest BCUT2D eigenvalue weighted by Crippen LogP contribution is 2.08. The van der Waals surface area contributed by atoms with Gasteiger partial charge in [-0.2, -0.15) is 0 Å². The van der Waals surface area contributed by atoms with Gasteiger partial charge in [0.05, 0.1) is 0 Å². The zero-order chi connectivity index (χ0) is 14.0. The van der Waals surface area contributed by atoms with Crippen molar-refractivity contribution in [2.75, 3.05) is 0 Å². The highest BCUT2D eigenvalue weighted by atomic mass is 16.3. The molecule has 0 fully saturated rings. The van der Waals surface area contributed by atoms with E-state index < -0.39 is 17.1 Å². The van der Waals surface area contributed by atoms with E-state index in [1.807, 2.05) is 4.98 Å². The summed E-state index contributed by atoms with van der Waals surface area (Å²) in [5, 5.41) is 9.45. The standard InChI is InChI=1S/C11H11N5O3/c1-5-3-6(2)14-10(13-5)12-4-7-8(17)15-11(19)16-9(7)18/h3-4H,1-2H3,(H3,15,16,17,18,19). The molecule has 0 amide bonds. The molecule has 98 valence electrons. The molecule has 0 aliphatic carbocycles. The molecule has 0 bridgehead atoms. The molecule has 8 heteroatoms. The SMILES string of the molecule is Cc1cc(C)nc(N=Cc2c(O)[nH]c(=O)[nH]c2=O)n1. The van der Waals surface area contributed by atoms with E-state index in [0.29, 0.717) is 0 Å². The number of aromatic hydroxyl groups is 1. The molecule has 8 nitrogen and oxygen atoms in total. The van der Waals surface area contributed by atoms with E-state index >= 15 is 0 Å². The molecule has 3 N–H and O–H groups in total. The maximum absolute atomic E-state index is 11.4. The lowest BCUT2D eigenvalue weighted by Gasteiger charge is -1.98. The molecule has 2 heterocycles. The van der Waals surface area contributed by atoms with E-state index in [0.717, 1.165) is 17.6 Å². The van der Waals surface area contributed by atoms with Gasteiger partial charge in [0.15, 0.2) is 0 Å². The van der Waals surface area contributed by atoms with Crippen molar-refractivity contribution >= 4 is 12.2 Å². The van der Waals surface area contributed by atoms with Crippen LogP contribution in [-0.4, -0.2) is 31.3 Å². The predicted molar refractivity (Wildman–Crippen MR) is 68.1 cm³/mol. The molecule has 2 aromatic rings. The third-order valence-electron chi connectivity index (χ3n) is 2.24. The van der Waals surface area contributed by atoms with Crippen molar-refractivity contribution in [1.29, 1.82) is 0 Å². The van der Waals surface area contributed by atoms with Crippen molar-refractivity contribution in [1.82, 2.24) is 19.9 Å². The fourth-order valence-corrected chi connectivity index (χ4v) is 1.49. The van der Waals surface area contributed by atoms with Gasteiger partial charge in [-0.05, 0) is 19.9 Å². The van der Waals surface area contributed by atoms with Gasteiger partial charge in [0.1, 0.15) is 5.56 Å². The predicted octanol–water partition coefficient (Wildman–Crippen LogP) is -0.0738. The van der Waals surface area contributed by atoms with Gasteiger partial charge < -0.3 is 5.11 Å². The van der Waals surface area contributed by atoms with Gasteiger partial charge in [0.2, 0.25) is 11.8 Å². The van der Waals surface area contributed by atoms with Crippen molar-refractivity contribution in [2.45, 2.75) is 13.8 Å². The zero-order valence-corrected chi connectivity index (χ0v) is 10.3. The van der Waals surface area contributed by atoms with E-state index in [1.165, 1.54) is 0 Å². The minimum absolute atomic E-state index is 0.164. The average molecular weight is 261 g/mol. The largest absolute Gasteiger partial charge is 0.494 e. The molecule has 0 saturated heterocycles. The summed E-state index contributed by atoms with van der Waals surface area (Å²) in [6.45, 7) is 3.58. The maximum Gasteiger partial charge on any atom is 0.328 e. The van der Waals surface area contributed by atoms with Crippen LogP contribution in [0.3, 0.4) is 0 Å². The quantitative estimate of drug-likeness (QED) is 0.652. The molecule has 0 unspecified atom stereocenters. The topological polar surface area (TPSA) is 124 Å². The first-order valence-corrected chi connectivity index (χ1v) is 5.37. The highest BCUT2D eigenvalue weighted by molar-refractivity contribution is 5.83. The fraction of sp³-hybridized carbons (Fsp3) is 0.182. The van der Waals surface area contributed by atoms with Gasteiger partial charge in [0.25, 0.3) is 5.56 Å². The molecule has 0 aliphatic heterocycles. The van der Waals surface area contributed by atoms with Crippen LogP contribution in [0.5, 0.6) is 5.88 Å². The summed E-state index contributed by atoms with van der Waals surface area (Å²) in [7, 11) is 0. The van der Waals surface area contributed by atoms with Crippen molar-refractivity contribution in [2.24, 2.45) is 4.99 Å². The first-order valence-electron chi connectivity index (χ1n) is 5.37. The van der Waals surface area contributed by atoms with Crippen molar-refractivity contribution in [3.05, 3.63) is 43.9 Å². The Morgan fingerprint density at radius 1 is 1.21 bits per heavy atom. The monoisotopic (exact) mass is 261 g/mol. The Morgan fingerprint density at radius 3 is 2.42 bits per heavy atom. The molecular formula is C11H11N5O3. The Morgan fingerprint density at radius 2 is 1.84 bits per heavy atom. The Hall–Kier alpha value is -2.77. The second-order valence-corrected chi connectivity index (χ2v) is 3.88. The lowest BCUT2D eigenvalue weighted by molar-refractivity contribution is 0.447. The molecular weight excluding hydrogens is 250 g/mol. The highest BCUT2D eigenvalue weighted by Gasteiger charge is 2.06. The van der Waals surface area contributed by atoms with E-state index in [4.69, 9.17) is 0 Å². The number of aliphatic imine (C=N–C) groups is 1. The van der Waals surface area contributed by atoms with Gasteiger partial charge in [-0.15, -0.1) is 0 Å². The van der Waals surface area contributed by atoms with Crippen molar-refractivity contribution < 1.29 is 5.11 Å². The molecule has 0 radical (unpaired) electrons. The first kappa shape index (κ1) is 12.7. The molecule has 0 saturated carbocycles. The number of hydrogen-bond donors (Lipinski definition) is 3. The van der Waals surface area contributed by atoms with Gasteiger partial charge in [0, 0.05) is 17.6 Å². The third-order valence-corrected chi connectivity index (χ3v) is 2.24. The van der Waals surface area contributed by atoms with Crippen molar-refractivity contribution in [3.63, 3.8) is 0 Å². The number of hydrogen-bond acceptors (Lipinski definition) is 6. The Balaban J connectivity index is 2.43. The Labute approximate surface area is 106 Å². The summed E-state index contributed by atoms with van der Waals surface area (Å²) >= 11 is 0. The molecule has 0 spiro atoms. The number of aryl methyl sites for hydroxylation is 2. The zero-order valence-electron chi connectivity index (χ0n) is 10.3. The summed E-state index contributed by atoms with van der Waals surface area (Å²) in [5.74, 6) is -0.385. The molecule has 2 aromatic heterocycles. The van der Waals surface area contributed by atoms with E-state index in [2.05, 4.69) is 19.9 Å². The number of nitrogens with zero attached hydrogens (tertiary/aromatic N) is 3. The minimum Gasteiger partial charge on any atom is -0.494 e. The second kappa shape index (κ2) is 4.84. The summed E-state index contributed by atoms with van der Waals surface area (Å²) in [4.78, 5) is 38.4. The van der Waals surface area contributed by atoms with E-state index in [1.54, 1.807) is 19.9 Å². The normalized spacial score (nSPS) is 11.1. The fourth-order valence-electron chi connectivity index (χ4n) is 1.49. The number of H-pyrrole nitrogens is 2. The lowest BCUT2D eigenvalue weighted by atomic mass is 10.3. The number of rotatable bonds is 2. The first-order chi connectivity index (χ1) is 8.95. The van der Waals surface area contributed by atoms with Crippen LogP contribution < -0.4 is 11.2 Å². The summed E-state index contributed by atoms with van der Waals surface area (Å²) in [6.07, 6.45) is 1.10. The van der Waals surface area contributed by atoms with Crippen LogP contribution in [0.25, 0.3) is 0 Å². The minimum atomic E-state index is -0.790. The molecule has 0 aliphatic rings. The van der Waals surface area contributed by atoms with Crippen molar-refractivity contribution in [3.8, 4) is 5.88 Å². The number of aromatic nitrogens is 4. The van der Waals surface area contributed by atoms with Crippen LogP contribution >= 0.6 is 0 Å². The lowest BCUT2D eigenvalue weighted by Crippen LogP contribution is -2.24. The van der Waals surface area contributed by atoms with E-state index in [-0.39, 0.29) is 11.5 Å². The number of aromatic amines is 2. The van der Waals surface area contributed by atoms with Gasteiger partial charge >= 0.3 is 5.69 Å². The third kappa shape index (κ3) is 2.92. The van der Waals surface area contributed by atoms with Crippen LogP contribution in [0.2, 0.25) is 0 Å². The Kier molecular flexibility index (Phi) is 3.23. The molecule has 0 aromatic carbocycles. The number of nitrogens with one attached hydrogen (secondary N) is 2. The van der Waals surface area contributed by atoms with Gasteiger partial charge in [-0.25, -0.2) is 19.8 Å². The van der Waals surface area contributed by atoms with Gasteiger partial charge in [-0.1, -0.05) is 0 Å². The average Bonchev–Trinajstić information content (AvgIpc) is 2.25. The van der Waals surface area contributed by atoms with Crippen LogP contribution in [-0.2, 0) is 0 Å². The Bertz CT molecular complexity index is 739.